The number of aromatic carboxylic acids is 4. The average molecular weight is 1830 g/mol. The molecule has 8 aromatic carbocycles. The number of amides is 8. The Morgan fingerprint density at radius 2 is 0.712 bits per heavy atom. The molecular weight excluding hydrogens is 1740 g/mol. The summed E-state index contributed by atoms with van der Waals surface area (Å²) in [6.07, 6.45) is 0. The van der Waals surface area contributed by atoms with Crippen molar-refractivity contribution in [3.63, 3.8) is 0 Å². The average Bonchev–Trinajstić information content (AvgIpc) is 1.67. The molecule has 4 heterocycles. The minimum atomic E-state index is -1.09. The standard InChI is InChI=1S/C16H14N2O4S.C14H18N4O3S.C13H16N4O3S.C11H13N3O2S.C9H8N2O3S.C9H10N2O3S.C8H9NO3/c1-22-13-8-11(15(20)21)7-12(9-13)17-16(23)18-14(19)10-5-3-2-4-6-10;1-4-15-12(19)9-6-8(21-3)7-10-11(9)22-14(17-10)18-13(20)16-5-2;1-3-14-11(19)8-5-7(18)6-9-10(8)21-13(16-9)17-12(20)15-4-2;1-3-13-10(15)7-4-6(16-2)5-8-9(7)17-11(12)14-8;1-14-4-2-5(8(12)13)7-6(3-4)11-9(10)15-7;1-14-7-3-5(8(12)13)2-6(4-7)11-9(10)15;1-12-7-3-5(8(10)11)2-6(9)4-7/h2-9H,1H3,(H,20,21)(H2,17,18,19,23);6-7H,4-5H2,1-3H3,(H,15,19)(H2,16,17,18,20);5-6,18H,3-4H2,1-2H3,(H,14,19)(H2,15,16,17,20);4-5H,3H2,1-2H3,(H2,12,14)(H,13,15);2-3H,1H3,(H2,10,11)(H,12,13);2-4H,1H3,(H,12,13)(H3,10,11,15);2-4H,9H2,1H3,(H,10,11). The molecule has 4 aromatic heterocycles. The molecule has 8 amide bonds. The molecule has 660 valence electrons. The molecule has 0 atom stereocenters. The van der Waals surface area contributed by atoms with Crippen LogP contribution in [0, 0.1) is 0 Å². The van der Waals surface area contributed by atoms with Crippen LogP contribution in [0.2, 0.25) is 0 Å². The number of methoxy groups -OCH3 is 6. The topological polar surface area (TPSA) is 603 Å². The predicted octanol–water partition coefficient (Wildman–Crippen LogP) is 11.9. The largest absolute Gasteiger partial charge is 0.508 e. The van der Waals surface area contributed by atoms with E-state index in [2.05, 4.69) is 85.3 Å². The highest BCUT2D eigenvalue weighted by atomic mass is 32.1. The van der Waals surface area contributed by atoms with Crippen LogP contribution in [0.1, 0.15) is 117 Å². The highest BCUT2D eigenvalue weighted by Gasteiger charge is 2.22. The number of thiocarbonyl (C=S) groups is 2. The van der Waals surface area contributed by atoms with Crippen molar-refractivity contribution in [1.29, 1.82) is 0 Å². The number of nitrogen functional groups attached to an aromatic ring is 3. The second-order valence-corrected chi connectivity index (χ2v) is 29.4. The Bertz CT molecular complexity index is 5910. The quantitative estimate of drug-likeness (QED) is 0.0209. The summed E-state index contributed by atoms with van der Waals surface area (Å²) in [4.78, 5) is 131. The molecule has 0 fully saturated rings. The first kappa shape index (κ1) is 99.0. The summed E-state index contributed by atoms with van der Waals surface area (Å²) >= 11 is 14.6. The number of anilines is 7. The molecule has 0 unspecified atom stereocenters. The van der Waals surface area contributed by atoms with Crippen LogP contribution in [-0.2, 0) is 0 Å². The van der Waals surface area contributed by atoms with Gasteiger partial charge in [0, 0.05) is 97.8 Å². The van der Waals surface area contributed by atoms with Crippen LogP contribution in [0.25, 0.3) is 40.9 Å². The number of rotatable bonds is 23. The van der Waals surface area contributed by atoms with Crippen LogP contribution in [-0.4, -0.2) is 191 Å². The van der Waals surface area contributed by atoms with Gasteiger partial charge in [0.05, 0.1) is 122 Å². The van der Waals surface area contributed by atoms with E-state index in [1.54, 1.807) is 86.0 Å². The fraction of sp³-hybridized carbons (Fsp3) is 0.200. The van der Waals surface area contributed by atoms with Gasteiger partial charge in [0.1, 0.15) is 40.2 Å². The van der Waals surface area contributed by atoms with Gasteiger partial charge in [-0.3, -0.25) is 35.1 Å². The van der Waals surface area contributed by atoms with E-state index in [0.717, 1.165) is 16.0 Å². The summed E-state index contributed by atoms with van der Waals surface area (Å²) in [5.41, 5.74) is 27.8. The molecule has 45 heteroatoms. The second-order valence-electron chi connectivity index (χ2n) is 24.5. The van der Waals surface area contributed by atoms with Gasteiger partial charge >= 0.3 is 35.9 Å². The third kappa shape index (κ3) is 30.1. The monoisotopic (exact) mass is 1830 g/mol. The van der Waals surface area contributed by atoms with Gasteiger partial charge in [-0.15, -0.1) is 0 Å². The van der Waals surface area contributed by atoms with Crippen molar-refractivity contribution in [1.82, 2.24) is 51.8 Å². The fourth-order valence-electron chi connectivity index (χ4n) is 10.3. The van der Waals surface area contributed by atoms with E-state index >= 15 is 0 Å². The molecule has 0 spiro atoms. The number of benzene rings is 8. The number of aromatic hydroxyl groups is 1. The van der Waals surface area contributed by atoms with E-state index in [-0.39, 0.29) is 73.9 Å². The summed E-state index contributed by atoms with van der Waals surface area (Å²) in [6, 6.07) is 33.9. The first-order valence-corrected chi connectivity index (χ1v) is 40.7. The van der Waals surface area contributed by atoms with E-state index in [1.165, 1.54) is 124 Å². The Kier molecular flexibility index (Phi) is 38.5. The lowest BCUT2D eigenvalue weighted by molar-refractivity contribution is 0.0686. The van der Waals surface area contributed by atoms with Crippen molar-refractivity contribution >= 4 is 218 Å². The zero-order valence-corrected chi connectivity index (χ0v) is 73.5. The molecule has 12 aromatic rings. The van der Waals surface area contributed by atoms with Crippen molar-refractivity contribution in [2.75, 3.05) is 114 Å². The lowest BCUT2D eigenvalue weighted by Crippen LogP contribution is -2.34. The maximum absolute atomic E-state index is 12.2. The van der Waals surface area contributed by atoms with Gasteiger partial charge in [-0.1, -0.05) is 63.5 Å². The first-order chi connectivity index (χ1) is 59.5. The van der Waals surface area contributed by atoms with Crippen LogP contribution >= 0.6 is 69.8 Å². The van der Waals surface area contributed by atoms with Gasteiger partial charge < -0.3 is 114 Å². The Morgan fingerprint density at radius 1 is 0.368 bits per heavy atom. The highest BCUT2D eigenvalue weighted by molar-refractivity contribution is 7.80. The number of hydrogen-bond acceptors (Lipinski definition) is 30. The first-order valence-electron chi connectivity index (χ1n) is 36.6. The lowest BCUT2D eigenvalue weighted by Gasteiger charge is -2.11. The van der Waals surface area contributed by atoms with Crippen LogP contribution in [0.3, 0.4) is 0 Å². The van der Waals surface area contributed by atoms with Crippen molar-refractivity contribution in [2.24, 2.45) is 5.73 Å². The number of carbonyl (C=O) groups excluding carboxylic acids is 6. The zero-order valence-electron chi connectivity index (χ0n) is 68.6. The third-order valence-electron chi connectivity index (χ3n) is 15.7. The molecule has 39 nitrogen and oxygen atoms in total. The highest BCUT2D eigenvalue weighted by Crippen LogP contribution is 2.37. The predicted molar refractivity (Wildman–Crippen MR) is 490 cm³/mol. The van der Waals surface area contributed by atoms with Gasteiger partial charge in [0.25, 0.3) is 23.6 Å². The van der Waals surface area contributed by atoms with Crippen molar-refractivity contribution in [2.45, 2.75) is 34.6 Å². The lowest BCUT2D eigenvalue weighted by atomic mass is 10.2. The van der Waals surface area contributed by atoms with Gasteiger partial charge in [-0.25, -0.2) is 48.7 Å². The van der Waals surface area contributed by atoms with Crippen molar-refractivity contribution in [3.8, 4) is 40.2 Å². The van der Waals surface area contributed by atoms with E-state index < -0.39 is 23.9 Å². The number of ether oxygens (including phenoxy) is 6. The summed E-state index contributed by atoms with van der Waals surface area (Å²) < 4.78 is 32.8. The van der Waals surface area contributed by atoms with Gasteiger partial charge in [-0.05, 0) is 132 Å². The Balaban J connectivity index is 0.000000227. The smallest absolute Gasteiger partial charge is 0.337 e. The van der Waals surface area contributed by atoms with Crippen molar-refractivity contribution in [3.05, 3.63) is 178 Å². The zero-order chi connectivity index (χ0) is 92.3. The Labute approximate surface area is 739 Å². The number of nitrogens with zero attached hydrogens (tertiary/aromatic N) is 4. The normalized spacial score (nSPS) is 10.1. The number of phenolic OH excluding ortho intramolecular Hbond substituents is 1. The fourth-order valence-corrected chi connectivity index (χ4v) is 14.2. The number of urea groups is 2. The molecule has 23 N–H and O–H groups in total. The number of hydrogen-bond donors (Lipinski definition) is 19. The minimum absolute atomic E-state index is 0.0430. The van der Waals surface area contributed by atoms with E-state index in [0.29, 0.717) is 163 Å². The number of carboxylic acid groups (broad SMARTS) is 4. The number of nitrogens with two attached hydrogens (primary N) is 4. The van der Waals surface area contributed by atoms with Crippen LogP contribution in [0.5, 0.6) is 40.2 Å². The molecule has 0 aliphatic carbocycles. The maximum atomic E-state index is 12.2. The Morgan fingerprint density at radius 3 is 1.10 bits per heavy atom. The van der Waals surface area contributed by atoms with Crippen LogP contribution in [0.15, 0.2) is 133 Å². The molecule has 0 saturated heterocycles. The molecular formula is C80H88N18O21S6. The second kappa shape index (κ2) is 48.6. The maximum Gasteiger partial charge on any atom is 0.337 e. The molecule has 0 saturated carbocycles. The van der Waals surface area contributed by atoms with Crippen LogP contribution < -0.4 is 105 Å². The molecule has 0 bridgehead atoms. The summed E-state index contributed by atoms with van der Waals surface area (Å²) in [5.74, 6) is -2.33. The molecule has 12 rings (SSSR count). The molecule has 0 radical (unpaired) electrons. The molecule has 125 heavy (non-hydrogen) atoms. The third-order valence-corrected chi connectivity index (χ3v) is 19.9. The number of aromatic nitrogens is 4. The minimum Gasteiger partial charge on any atom is -0.508 e. The van der Waals surface area contributed by atoms with Gasteiger partial charge in [-0.2, -0.15) is 0 Å². The number of fused-ring (bicyclic) bond motifs is 4. The molecule has 0 aliphatic heterocycles. The summed E-state index contributed by atoms with van der Waals surface area (Å²) in [5, 5.41) is 73.5. The number of nitrogens with one attached hydrogen (secondary N) is 10. The summed E-state index contributed by atoms with van der Waals surface area (Å²) in [7, 11) is 8.90. The number of phenols is 1. The van der Waals surface area contributed by atoms with Crippen molar-refractivity contribution < 1.29 is 102 Å². The Hall–Kier alpha value is -14.8. The number of thiazole rings is 4. The van der Waals surface area contributed by atoms with Gasteiger partial charge in [0.2, 0.25) is 0 Å². The number of carbonyl (C=O) groups is 10. The SMILES string of the molecule is CCNC(=O)Nc1nc2cc(O)cc(C(=O)NCC)c2s1.CCNC(=O)Nc1nc2cc(OC)cc(C(=O)NCC)c2s1.CCNC(=O)c1cc(OC)cc2nc(N)sc12.COc1cc(C(=O)O)c2sc(N)nc2c1.COc1cc(N)cc(C(=O)O)c1.COc1cc(NC(=S)NC(=O)c2ccccc2)cc(C(=O)O)c1.COc1cc(NC(N)=S)cc(C(=O)O)c1. The summed E-state index contributed by atoms with van der Waals surface area (Å²) in [6.45, 7) is 11.8. The van der Waals surface area contributed by atoms with E-state index in [9.17, 15) is 53.1 Å². The van der Waals surface area contributed by atoms with Crippen LogP contribution in [0.4, 0.5) is 47.2 Å². The molecule has 0 aliphatic rings. The number of carboxylic acids is 4. The van der Waals surface area contributed by atoms with E-state index in [4.69, 9.17) is 84.0 Å². The van der Waals surface area contributed by atoms with E-state index in [1.807, 2.05) is 34.6 Å². The van der Waals surface area contributed by atoms with Gasteiger partial charge in [0.15, 0.2) is 30.8 Å².